The fraction of sp³-hybridized carbons (Fsp3) is 0.316. The third-order valence-corrected chi connectivity index (χ3v) is 3.86. The first-order valence-corrected chi connectivity index (χ1v) is 8.49. The Morgan fingerprint density at radius 2 is 1.14 bits per heavy atom. The lowest BCUT2D eigenvalue weighted by Crippen LogP contribution is -2.16. The van der Waals surface area contributed by atoms with Crippen LogP contribution in [0.15, 0.2) is 36.4 Å². The Morgan fingerprint density at radius 1 is 0.750 bits per heavy atom. The predicted octanol–water partition coefficient (Wildman–Crippen LogP) is 5.08. The van der Waals surface area contributed by atoms with Gasteiger partial charge in [0.05, 0.1) is 0 Å². The molecule has 28 heavy (non-hydrogen) atoms. The Morgan fingerprint density at radius 3 is 1.46 bits per heavy atom. The van der Waals surface area contributed by atoms with E-state index in [1.165, 1.54) is 24.3 Å². The van der Waals surface area contributed by atoms with Crippen molar-refractivity contribution >= 4 is 6.16 Å². The van der Waals surface area contributed by atoms with Crippen LogP contribution in [0.4, 0.5) is 4.79 Å². The van der Waals surface area contributed by atoms with Gasteiger partial charge in [-0.25, -0.2) is 15.3 Å². The highest BCUT2D eigenvalue weighted by atomic mass is 17.5. The summed E-state index contributed by atoms with van der Waals surface area (Å²) in [4.78, 5) is 21.5. The lowest BCUT2D eigenvalue weighted by Gasteiger charge is -2.16. The summed E-state index contributed by atoms with van der Waals surface area (Å²) >= 11 is 0. The second-order valence-corrected chi connectivity index (χ2v) is 6.48. The van der Waals surface area contributed by atoms with Gasteiger partial charge in [0.2, 0.25) is 0 Å². The van der Waals surface area contributed by atoms with Crippen LogP contribution in [0.5, 0.6) is 23.0 Å². The predicted molar refractivity (Wildman–Crippen MR) is 96.4 cm³/mol. The molecule has 2 aromatic carbocycles. The number of carbonyl (C=O) groups excluding carboxylic acids is 1. The number of hydrogen-bond donors (Lipinski definition) is 2. The van der Waals surface area contributed by atoms with Crippen molar-refractivity contribution in [3.8, 4) is 23.0 Å². The summed E-state index contributed by atoms with van der Waals surface area (Å²) < 4.78 is 10.7. The van der Waals surface area contributed by atoms with E-state index in [0.717, 1.165) is 0 Å². The van der Waals surface area contributed by atoms with E-state index in [9.17, 15) is 4.79 Å². The van der Waals surface area contributed by atoms with E-state index in [1.54, 1.807) is 12.1 Å². The average molecular weight is 394 g/mol. The Bertz CT molecular complexity index is 736. The molecule has 152 valence electrons. The van der Waals surface area contributed by atoms with Gasteiger partial charge in [0.1, 0.15) is 11.5 Å². The van der Waals surface area contributed by atoms with Gasteiger partial charge in [-0.3, -0.25) is 0 Å². The first-order valence-electron chi connectivity index (χ1n) is 8.49. The maximum absolute atomic E-state index is 12.3. The number of hydrogen-bond acceptors (Lipinski definition) is 9. The second kappa shape index (κ2) is 9.90. The third-order valence-electron chi connectivity index (χ3n) is 3.86. The number of benzene rings is 2. The van der Waals surface area contributed by atoms with E-state index in [1.807, 2.05) is 27.7 Å². The lowest BCUT2D eigenvalue weighted by molar-refractivity contribution is -0.438. The van der Waals surface area contributed by atoms with Crippen molar-refractivity contribution in [2.45, 2.75) is 39.5 Å². The Labute approximate surface area is 161 Å². The molecule has 0 heterocycles. The van der Waals surface area contributed by atoms with Crippen molar-refractivity contribution in [1.82, 2.24) is 0 Å². The van der Waals surface area contributed by atoms with Crippen molar-refractivity contribution < 1.29 is 44.6 Å². The summed E-state index contributed by atoms with van der Waals surface area (Å²) in [5.74, 6) is 1.04. The molecule has 0 aliphatic rings. The van der Waals surface area contributed by atoms with Crippen LogP contribution in [-0.4, -0.2) is 16.7 Å². The lowest BCUT2D eigenvalue weighted by atomic mass is 10.0. The minimum absolute atomic E-state index is 0.00816. The van der Waals surface area contributed by atoms with E-state index in [2.05, 4.69) is 19.9 Å². The molecular formula is C19H22O9. The van der Waals surface area contributed by atoms with E-state index in [4.69, 9.17) is 20.0 Å². The molecule has 0 unspecified atom stereocenters. The molecule has 0 radical (unpaired) electrons. The van der Waals surface area contributed by atoms with E-state index >= 15 is 0 Å². The molecule has 2 rings (SSSR count). The van der Waals surface area contributed by atoms with Crippen molar-refractivity contribution in [3.05, 3.63) is 47.5 Å². The highest BCUT2D eigenvalue weighted by molar-refractivity contribution is 5.69. The Kier molecular flexibility index (Phi) is 7.59. The quantitative estimate of drug-likeness (QED) is 0.274. The normalized spacial score (nSPS) is 10.9. The summed E-state index contributed by atoms with van der Waals surface area (Å²) in [6.45, 7) is 7.59. The van der Waals surface area contributed by atoms with E-state index < -0.39 is 6.16 Å². The molecule has 0 fully saturated rings. The molecule has 0 aliphatic carbocycles. The largest absolute Gasteiger partial charge is 0.519 e. The molecule has 0 spiro atoms. The van der Waals surface area contributed by atoms with Crippen molar-refractivity contribution in [2.24, 2.45) is 0 Å². The molecule has 0 aromatic heterocycles. The molecule has 9 heteroatoms. The van der Waals surface area contributed by atoms with E-state index in [0.29, 0.717) is 11.1 Å². The minimum atomic E-state index is -0.928. The fourth-order valence-electron chi connectivity index (χ4n) is 2.53. The topological polar surface area (TPSA) is 113 Å². The second-order valence-electron chi connectivity index (χ2n) is 6.48. The third kappa shape index (κ3) is 5.57. The standard InChI is InChI=1S/C19H22O9/c1-11(2)15-9-13(25-27-21)5-7-17(15)23-19(20)24-18-8-6-14(26-28-22)10-16(18)12(3)4/h5-12,21-22H,1-4H3. The summed E-state index contributed by atoms with van der Waals surface area (Å²) in [6.07, 6.45) is -0.928. The van der Waals surface area contributed by atoms with Gasteiger partial charge >= 0.3 is 6.16 Å². The van der Waals surface area contributed by atoms with Crippen LogP contribution in [0.25, 0.3) is 0 Å². The van der Waals surface area contributed by atoms with Gasteiger partial charge < -0.3 is 19.2 Å². The number of ether oxygens (including phenoxy) is 2. The van der Waals surface area contributed by atoms with Crippen LogP contribution in [0.3, 0.4) is 0 Å². The van der Waals surface area contributed by atoms with Gasteiger partial charge in [-0.05, 0) is 58.3 Å². The van der Waals surface area contributed by atoms with Crippen molar-refractivity contribution in [1.29, 1.82) is 0 Å². The highest BCUT2D eigenvalue weighted by Gasteiger charge is 2.18. The van der Waals surface area contributed by atoms with Crippen LogP contribution in [0.2, 0.25) is 0 Å². The average Bonchev–Trinajstić information content (AvgIpc) is 2.64. The first-order chi connectivity index (χ1) is 13.3. The zero-order valence-corrected chi connectivity index (χ0v) is 15.9. The van der Waals surface area contributed by atoms with Gasteiger partial charge in [-0.15, -0.1) is 0 Å². The minimum Gasteiger partial charge on any atom is -0.394 e. The number of rotatable bonds is 8. The first kappa shape index (κ1) is 21.5. The SMILES string of the molecule is CC(C)c1cc(OOO)ccc1OC(=O)Oc1ccc(OOO)cc1C(C)C. The molecule has 0 saturated carbocycles. The zero-order valence-electron chi connectivity index (χ0n) is 15.9. The molecule has 2 aromatic rings. The van der Waals surface area contributed by atoms with Crippen LogP contribution in [0.1, 0.15) is 50.7 Å². The monoisotopic (exact) mass is 394 g/mol. The maximum atomic E-state index is 12.3. The van der Waals surface area contributed by atoms with Crippen molar-refractivity contribution in [3.63, 3.8) is 0 Å². The van der Waals surface area contributed by atoms with Crippen molar-refractivity contribution in [2.75, 3.05) is 0 Å². The smallest absolute Gasteiger partial charge is 0.394 e. The molecule has 0 aliphatic heterocycles. The summed E-state index contributed by atoms with van der Waals surface area (Å²) in [5.41, 5.74) is 1.30. The van der Waals surface area contributed by atoms with Crippen LogP contribution >= 0.6 is 0 Å². The maximum Gasteiger partial charge on any atom is 0.519 e. The Hall–Kier alpha value is -2.85. The molecule has 0 saturated heterocycles. The van der Waals surface area contributed by atoms with Gasteiger partial charge in [-0.1, -0.05) is 27.7 Å². The molecular weight excluding hydrogens is 372 g/mol. The molecule has 9 nitrogen and oxygen atoms in total. The number of carbonyl (C=O) groups is 1. The van der Waals surface area contributed by atoms with Crippen LogP contribution < -0.4 is 19.2 Å². The van der Waals surface area contributed by atoms with Crippen LogP contribution in [0, 0.1) is 0 Å². The van der Waals surface area contributed by atoms with E-state index in [-0.39, 0.29) is 34.8 Å². The molecule has 0 amide bonds. The summed E-state index contributed by atoms with van der Waals surface area (Å²) in [6, 6.07) is 9.08. The van der Waals surface area contributed by atoms with Gasteiger partial charge in [0.15, 0.2) is 11.5 Å². The van der Waals surface area contributed by atoms with Gasteiger partial charge in [-0.2, -0.15) is 0 Å². The molecule has 0 atom stereocenters. The summed E-state index contributed by atoms with van der Waals surface area (Å²) in [5, 5.41) is 24.1. The highest BCUT2D eigenvalue weighted by Crippen LogP contribution is 2.33. The zero-order chi connectivity index (χ0) is 20.7. The van der Waals surface area contributed by atoms with Crippen LogP contribution in [-0.2, 0) is 10.1 Å². The Balaban J connectivity index is 2.20. The fourth-order valence-corrected chi connectivity index (χ4v) is 2.53. The summed E-state index contributed by atoms with van der Waals surface area (Å²) in [7, 11) is 0. The van der Waals surface area contributed by atoms with Gasteiger partial charge in [0.25, 0.3) is 0 Å². The molecule has 0 bridgehead atoms. The van der Waals surface area contributed by atoms with Gasteiger partial charge in [0, 0.05) is 11.1 Å². The molecule has 2 N–H and O–H groups in total.